The van der Waals surface area contributed by atoms with Gasteiger partial charge >= 0.3 is 0 Å². The molecule has 0 atom stereocenters. The third kappa shape index (κ3) is 3.05. The first kappa shape index (κ1) is 13.4. The van der Waals surface area contributed by atoms with Crippen LogP contribution in [0.1, 0.15) is 31.9 Å². The summed E-state index contributed by atoms with van der Waals surface area (Å²) in [4.78, 5) is 4.17. The number of nitrogen functional groups attached to an aromatic ring is 1. The summed E-state index contributed by atoms with van der Waals surface area (Å²) in [7, 11) is 0. The quantitative estimate of drug-likeness (QED) is 0.881. The van der Waals surface area contributed by atoms with Gasteiger partial charge in [-0.3, -0.25) is 0 Å². The molecule has 2 rings (SSSR count). The summed E-state index contributed by atoms with van der Waals surface area (Å²) in [6.45, 7) is 8.57. The lowest BCUT2D eigenvalue weighted by Gasteiger charge is -2.23. The predicted octanol–water partition coefficient (Wildman–Crippen LogP) is 4.06. The van der Waals surface area contributed by atoms with Crippen LogP contribution in [-0.4, -0.2) is 4.98 Å². The summed E-state index contributed by atoms with van der Waals surface area (Å²) in [6, 6.07) is 9.73. The van der Waals surface area contributed by atoms with Gasteiger partial charge in [-0.2, -0.15) is 0 Å². The van der Waals surface area contributed by atoms with E-state index in [1.807, 2.05) is 12.1 Å². The van der Waals surface area contributed by atoms with E-state index in [0.29, 0.717) is 11.6 Å². The maximum atomic E-state index is 5.89. The molecule has 3 heteroatoms. The number of nitrogens with zero attached hydrogens (tertiary/aromatic N) is 1. The third-order valence-corrected chi connectivity index (χ3v) is 2.95. The van der Waals surface area contributed by atoms with Crippen molar-refractivity contribution in [2.45, 2.75) is 33.1 Å². The van der Waals surface area contributed by atoms with Crippen LogP contribution in [0.25, 0.3) is 0 Å². The van der Waals surface area contributed by atoms with Gasteiger partial charge in [-0.25, -0.2) is 4.98 Å². The monoisotopic (exact) mass is 256 g/mol. The van der Waals surface area contributed by atoms with Gasteiger partial charge in [0.2, 0.25) is 5.88 Å². The molecule has 0 amide bonds. The molecule has 0 radical (unpaired) electrons. The summed E-state index contributed by atoms with van der Waals surface area (Å²) in [5, 5.41) is 0. The van der Waals surface area contributed by atoms with Crippen molar-refractivity contribution in [2.24, 2.45) is 0 Å². The van der Waals surface area contributed by atoms with E-state index >= 15 is 0 Å². The van der Waals surface area contributed by atoms with Gasteiger partial charge in [-0.1, -0.05) is 38.5 Å². The van der Waals surface area contributed by atoms with Gasteiger partial charge in [-0.05, 0) is 30.5 Å². The Morgan fingerprint density at radius 3 is 2.53 bits per heavy atom. The minimum absolute atomic E-state index is 0.00486. The molecule has 1 aromatic carbocycles. The zero-order valence-corrected chi connectivity index (χ0v) is 11.9. The molecule has 0 unspecified atom stereocenters. The van der Waals surface area contributed by atoms with E-state index in [4.69, 9.17) is 10.5 Å². The Bertz CT molecular complexity index is 586. The number of anilines is 1. The van der Waals surface area contributed by atoms with Crippen LogP contribution in [0.2, 0.25) is 0 Å². The molecule has 3 nitrogen and oxygen atoms in total. The van der Waals surface area contributed by atoms with Gasteiger partial charge in [0.25, 0.3) is 0 Å². The number of nitrogens with two attached hydrogens (primary N) is 1. The fourth-order valence-electron chi connectivity index (χ4n) is 1.91. The molecular weight excluding hydrogens is 236 g/mol. The van der Waals surface area contributed by atoms with Crippen molar-refractivity contribution in [2.75, 3.05) is 5.73 Å². The summed E-state index contributed by atoms with van der Waals surface area (Å²) < 4.78 is 5.89. The van der Waals surface area contributed by atoms with Crippen molar-refractivity contribution in [3.8, 4) is 11.6 Å². The van der Waals surface area contributed by atoms with E-state index < -0.39 is 0 Å². The largest absolute Gasteiger partial charge is 0.437 e. The number of hydrogen-bond acceptors (Lipinski definition) is 3. The zero-order valence-electron chi connectivity index (χ0n) is 11.9. The number of rotatable bonds is 2. The maximum Gasteiger partial charge on any atom is 0.242 e. The van der Waals surface area contributed by atoms with E-state index in [2.05, 4.69) is 38.7 Å². The first-order chi connectivity index (χ1) is 8.88. The normalized spacial score (nSPS) is 11.4. The van der Waals surface area contributed by atoms with Crippen LogP contribution in [-0.2, 0) is 5.41 Å². The predicted molar refractivity (Wildman–Crippen MR) is 78.6 cm³/mol. The van der Waals surface area contributed by atoms with Crippen LogP contribution in [0.4, 0.5) is 5.69 Å². The maximum absolute atomic E-state index is 5.89. The van der Waals surface area contributed by atoms with Crippen LogP contribution in [0.15, 0.2) is 36.5 Å². The molecule has 2 N–H and O–H groups in total. The Labute approximate surface area is 114 Å². The molecule has 0 fully saturated rings. The molecule has 0 spiro atoms. The molecule has 0 aliphatic rings. The average Bonchev–Trinajstić information content (AvgIpc) is 2.33. The average molecular weight is 256 g/mol. The summed E-state index contributed by atoms with van der Waals surface area (Å²) in [6.07, 6.45) is 1.68. The lowest BCUT2D eigenvalue weighted by Crippen LogP contribution is -2.13. The van der Waals surface area contributed by atoms with Gasteiger partial charge in [0.15, 0.2) is 0 Å². The van der Waals surface area contributed by atoms with E-state index in [1.165, 1.54) is 5.56 Å². The molecule has 100 valence electrons. The van der Waals surface area contributed by atoms with Gasteiger partial charge in [0.1, 0.15) is 5.75 Å². The third-order valence-electron chi connectivity index (χ3n) is 2.95. The molecule has 0 aliphatic heterocycles. The van der Waals surface area contributed by atoms with Crippen LogP contribution < -0.4 is 10.5 Å². The Hall–Kier alpha value is -2.03. The number of aryl methyl sites for hydroxylation is 1. The zero-order chi connectivity index (χ0) is 14.0. The molecule has 0 aliphatic carbocycles. The molecule has 0 saturated carbocycles. The highest BCUT2D eigenvalue weighted by Crippen LogP contribution is 2.35. The molecule has 1 aromatic heterocycles. The van der Waals surface area contributed by atoms with Gasteiger partial charge in [-0.15, -0.1) is 0 Å². The number of pyridine rings is 1. The van der Waals surface area contributed by atoms with Crippen LogP contribution in [0.3, 0.4) is 0 Å². The number of ether oxygens (including phenoxy) is 1. The molecule has 0 bridgehead atoms. The van der Waals surface area contributed by atoms with Crippen LogP contribution >= 0.6 is 0 Å². The van der Waals surface area contributed by atoms with Crippen molar-refractivity contribution in [1.82, 2.24) is 4.98 Å². The van der Waals surface area contributed by atoms with Gasteiger partial charge in [0.05, 0.1) is 5.69 Å². The van der Waals surface area contributed by atoms with E-state index in [1.54, 1.807) is 18.3 Å². The Kier molecular flexibility index (Phi) is 3.47. The Balaban J connectivity index is 2.44. The van der Waals surface area contributed by atoms with Crippen molar-refractivity contribution >= 4 is 5.69 Å². The van der Waals surface area contributed by atoms with E-state index in [0.717, 1.165) is 11.3 Å². The SMILES string of the molecule is Cc1ccc(Oc2ncccc2N)c(C(C)(C)C)c1. The van der Waals surface area contributed by atoms with E-state index in [-0.39, 0.29) is 5.41 Å². The summed E-state index contributed by atoms with van der Waals surface area (Å²) in [5.74, 6) is 1.26. The van der Waals surface area contributed by atoms with Crippen molar-refractivity contribution < 1.29 is 4.74 Å². The van der Waals surface area contributed by atoms with Gasteiger partial charge < -0.3 is 10.5 Å². The van der Waals surface area contributed by atoms with Crippen molar-refractivity contribution in [3.05, 3.63) is 47.7 Å². The van der Waals surface area contributed by atoms with E-state index in [9.17, 15) is 0 Å². The fourth-order valence-corrected chi connectivity index (χ4v) is 1.91. The second-order valence-corrected chi connectivity index (χ2v) is 5.75. The number of hydrogen-bond donors (Lipinski definition) is 1. The van der Waals surface area contributed by atoms with Crippen LogP contribution in [0.5, 0.6) is 11.6 Å². The minimum Gasteiger partial charge on any atom is -0.437 e. The molecule has 1 heterocycles. The fraction of sp³-hybridized carbons (Fsp3) is 0.312. The van der Waals surface area contributed by atoms with Crippen molar-refractivity contribution in [1.29, 1.82) is 0 Å². The van der Waals surface area contributed by atoms with Gasteiger partial charge in [0, 0.05) is 11.8 Å². The highest BCUT2D eigenvalue weighted by atomic mass is 16.5. The summed E-state index contributed by atoms with van der Waals surface area (Å²) in [5.41, 5.74) is 8.78. The topological polar surface area (TPSA) is 48.1 Å². The van der Waals surface area contributed by atoms with Crippen LogP contribution in [0, 0.1) is 6.92 Å². The lowest BCUT2D eigenvalue weighted by molar-refractivity contribution is 0.442. The minimum atomic E-state index is 0.00486. The number of benzene rings is 1. The smallest absolute Gasteiger partial charge is 0.242 e. The second-order valence-electron chi connectivity index (χ2n) is 5.75. The molecular formula is C16H20N2O. The highest BCUT2D eigenvalue weighted by molar-refractivity contribution is 5.51. The summed E-state index contributed by atoms with van der Waals surface area (Å²) >= 11 is 0. The highest BCUT2D eigenvalue weighted by Gasteiger charge is 2.20. The van der Waals surface area contributed by atoms with Crippen molar-refractivity contribution in [3.63, 3.8) is 0 Å². The first-order valence-electron chi connectivity index (χ1n) is 6.37. The first-order valence-corrected chi connectivity index (χ1v) is 6.37. The second kappa shape index (κ2) is 4.92. The number of aromatic nitrogens is 1. The molecule has 19 heavy (non-hydrogen) atoms. The Morgan fingerprint density at radius 2 is 1.89 bits per heavy atom. The molecule has 2 aromatic rings. The lowest BCUT2D eigenvalue weighted by atomic mass is 9.85. The Morgan fingerprint density at radius 1 is 1.16 bits per heavy atom. The molecule has 0 saturated heterocycles. The standard InChI is InChI=1S/C16H20N2O/c1-11-7-8-14(12(10-11)16(2,3)4)19-15-13(17)6-5-9-18-15/h5-10H,17H2,1-4H3.